The fourth-order valence-corrected chi connectivity index (χ4v) is 4.28. The van der Waals surface area contributed by atoms with E-state index in [2.05, 4.69) is 10.4 Å². The van der Waals surface area contributed by atoms with Crippen molar-refractivity contribution in [2.24, 2.45) is 0 Å². The third kappa shape index (κ3) is 6.64. The molecule has 0 fully saturated rings. The Morgan fingerprint density at radius 2 is 1.75 bits per heavy atom. The van der Waals surface area contributed by atoms with Crippen LogP contribution < -0.4 is 5.32 Å². The molecule has 7 nitrogen and oxygen atoms in total. The Bertz CT molecular complexity index is 1350. The number of carbonyl (C=O) groups excluding carboxylic acids is 3. The van der Waals surface area contributed by atoms with Crippen molar-refractivity contribution < 1.29 is 19.1 Å². The lowest BCUT2D eigenvalue weighted by atomic mass is 10.0. The fraction of sp³-hybridized carbons (Fsp3) is 0.143. The number of nitrogens with one attached hydrogen (secondary N) is 1. The summed E-state index contributed by atoms with van der Waals surface area (Å²) in [5, 5.41) is 9.29. The van der Waals surface area contributed by atoms with Gasteiger partial charge >= 0.3 is 5.97 Å². The van der Waals surface area contributed by atoms with Crippen LogP contribution in [-0.2, 0) is 25.5 Å². The molecule has 2 aromatic carbocycles. The summed E-state index contributed by atoms with van der Waals surface area (Å²) in [7, 11) is 0. The number of hydrogen-bond donors (Lipinski definition) is 1. The van der Waals surface area contributed by atoms with E-state index in [1.54, 1.807) is 22.1 Å². The average molecular weight is 500 g/mol. The maximum Gasteiger partial charge on any atom is 0.331 e. The number of ether oxygens (including phenoxy) is 1. The number of aromatic nitrogens is 2. The number of carbonyl (C=O) groups is 3. The first-order chi connectivity index (χ1) is 17.5. The fourth-order valence-electron chi connectivity index (χ4n) is 3.55. The topological polar surface area (TPSA) is 90.3 Å². The van der Waals surface area contributed by atoms with Crippen LogP contribution in [0.5, 0.6) is 0 Å². The molecule has 0 aliphatic carbocycles. The first-order valence-corrected chi connectivity index (χ1v) is 12.2. The van der Waals surface area contributed by atoms with Gasteiger partial charge in [0, 0.05) is 17.8 Å². The Labute approximate surface area is 213 Å². The van der Waals surface area contributed by atoms with E-state index in [9.17, 15) is 14.4 Å². The number of para-hydroxylation sites is 1. The number of Topliss-reactive ketones (excluding diaryl/α,β-unsaturated/α-hetero) is 1. The molecular weight excluding hydrogens is 474 g/mol. The lowest BCUT2D eigenvalue weighted by molar-refractivity contribution is -0.144. The number of amides is 1. The van der Waals surface area contributed by atoms with E-state index >= 15 is 0 Å². The maximum atomic E-state index is 12.3. The third-order valence-corrected chi connectivity index (χ3v) is 6.25. The zero-order valence-electron chi connectivity index (χ0n) is 19.7. The average Bonchev–Trinajstić information content (AvgIpc) is 3.57. The van der Waals surface area contributed by atoms with Crippen molar-refractivity contribution in [3.63, 3.8) is 0 Å². The predicted octanol–water partition coefficient (Wildman–Crippen LogP) is 4.47. The van der Waals surface area contributed by atoms with Crippen molar-refractivity contribution in [2.45, 2.75) is 19.4 Å². The quantitative estimate of drug-likeness (QED) is 0.257. The normalized spacial score (nSPS) is 11.8. The number of nitrogens with zero attached hydrogens (tertiary/aromatic N) is 2. The summed E-state index contributed by atoms with van der Waals surface area (Å²) in [6.07, 6.45) is 5.09. The number of benzene rings is 2. The Balaban J connectivity index is 1.38. The van der Waals surface area contributed by atoms with Gasteiger partial charge in [0.05, 0.1) is 16.6 Å². The minimum atomic E-state index is -0.689. The summed E-state index contributed by atoms with van der Waals surface area (Å²) in [6.45, 7) is 0.937. The molecule has 1 unspecified atom stereocenters. The van der Waals surface area contributed by atoms with Gasteiger partial charge in [-0.3, -0.25) is 9.59 Å². The van der Waals surface area contributed by atoms with Crippen molar-refractivity contribution in [3.8, 4) is 16.3 Å². The molecule has 0 saturated carbocycles. The lowest BCUT2D eigenvalue weighted by Crippen LogP contribution is -2.43. The van der Waals surface area contributed by atoms with Crippen LogP contribution in [0.2, 0.25) is 0 Å². The summed E-state index contributed by atoms with van der Waals surface area (Å²) in [6, 6.07) is 22.3. The smallest absolute Gasteiger partial charge is 0.331 e. The second-order valence-electron chi connectivity index (χ2n) is 8.05. The SMILES string of the molecule is CC(=O)C(Cc1ccccc1)NC(=O)COC(=O)C=Cc1cn(-c2ccccc2)nc1-c1cccs1. The molecule has 8 heteroatoms. The van der Waals surface area contributed by atoms with Gasteiger partial charge in [-0.15, -0.1) is 11.3 Å². The second-order valence-corrected chi connectivity index (χ2v) is 9.00. The van der Waals surface area contributed by atoms with Gasteiger partial charge in [-0.25, -0.2) is 9.48 Å². The second kappa shape index (κ2) is 11.9. The number of rotatable bonds is 10. The molecule has 1 atom stereocenters. The number of thiophene rings is 1. The van der Waals surface area contributed by atoms with Crippen LogP contribution in [0.15, 0.2) is 90.4 Å². The van der Waals surface area contributed by atoms with Crippen molar-refractivity contribution in [2.75, 3.05) is 6.61 Å². The molecule has 0 spiro atoms. The van der Waals surface area contributed by atoms with Gasteiger partial charge in [-0.05, 0) is 48.6 Å². The number of ketones is 1. The summed E-state index contributed by atoms with van der Waals surface area (Å²) in [5.74, 6) is -1.38. The largest absolute Gasteiger partial charge is 0.452 e. The predicted molar refractivity (Wildman–Crippen MR) is 140 cm³/mol. The number of esters is 1. The Kier molecular flexibility index (Phi) is 8.20. The van der Waals surface area contributed by atoms with Crippen LogP contribution in [-0.4, -0.2) is 40.1 Å². The van der Waals surface area contributed by atoms with E-state index in [1.165, 1.54) is 13.0 Å². The van der Waals surface area contributed by atoms with E-state index in [4.69, 9.17) is 4.74 Å². The minimum Gasteiger partial charge on any atom is -0.452 e. The molecule has 0 aliphatic heterocycles. The van der Waals surface area contributed by atoms with Crippen LogP contribution in [0.3, 0.4) is 0 Å². The molecule has 1 N–H and O–H groups in total. The summed E-state index contributed by atoms with van der Waals surface area (Å²) < 4.78 is 6.86. The molecule has 0 saturated heterocycles. The molecule has 36 heavy (non-hydrogen) atoms. The van der Waals surface area contributed by atoms with Crippen LogP contribution >= 0.6 is 11.3 Å². The zero-order chi connectivity index (χ0) is 25.3. The highest BCUT2D eigenvalue weighted by Gasteiger charge is 2.18. The van der Waals surface area contributed by atoms with Crippen molar-refractivity contribution in [1.29, 1.82) is 0 Å². The molecule has 1 amide bonds. The van der Waals surface area contributed by atoms with Crippen LogP contribution in [0.1, 0.15) is 18.1 Å². The van der Waals surface area contributed by atoms with E-state index < -0.39 is 24.5 Å². The molecule has 182 valence electrons. The van der Waals surface area contributed by atoms with Gasteiger partial charge in [0.15, 0.2) is 12.4 Å². The van der Waals surface area contributed by atoms with E-state index in [0.717, 1.165) is 27.4 Å². The molecule has 2 heterocycles. The molecule has 0 radical (unpaired) electrons. The summed E-state index contributed by atoms with van der Waals surface area (Å²) >= 11 is 1.55. The summed E-state index contributed by atoms with van der Waals surface area (Å²) in [4.78, 5) is 37.6. The highest BCUT2D eigenvalue weighted by atomic mass is 32.1. The van der Waals surface area contributed by atoms with Gasteiger partial charge in [0.25, 0.3) is 5.91 Å². The monoisotopic (exact) mass is 499 g/mol. The first kappa shape index (κ1) is 24.8. The van der Waals surface area contributed by atoms with Crippen molar-refractivity contribution in [3.05, 3.63) is 102 Å². The molecule has 2 aromatic heterocycles. The van der Waals surface area contributed by atoms with Crippen LogP contribution in [0.4, 0.5) is 0 Å². The van der Waals surface area contributed by atoms with Gasteiger partial charge in [-0.1, -0.05) is 54.6 Å². The Morgan fingerprint density at radius 3 is 2.42 bits per heavy atom. The maximum absolute atomic E-state index is 12.3. The van der Waals surface area contributed by atoms with E-state index in [0.29, 0.717) is 6.42 Å². The Morgan fingerprint density at radius 1 is 1.03 bits per heavy atom. The lowest BCUT2D eigenvalue weighted by Gasteiger charge is -2.16. The van der Waals surface area contributed by atoms with Gasteiger partial charge in [0.1, 0.15) is 5.69 Å². The van der Waals surface area contributed by atoms with Gasteiger partial charge < -0.3 is 10.1 Å². The van der Waals surface area contributed by atoms with Gasteiger partial charge in [0.2, 0.25) is 0 Å². The minimum absolute atomic E-state index is 0.171. The highest BCUT2D eigenvalue weighted by molar-refractivity contribution is 7.13. The first-order valence-electron chi connectivity index (χ1n) is 11.4. The molecule has 0 bridgehead atoms. The molecule has 4 aromatic rings. The summed E-state index contributed by atoms with van der Waals surface area (Å²) in [5.41, 5.74) is 3.29. The Hall–Kier alpha value is -4.30. The zero-order valence-corrected chi connectivity index (χ0v) is 20.5. The van der Waals surface area contributed by atoms with Crippen molar-refractivity contribution in [1.82, 2.24) is 15.1 Å². The third-order valence-electron chi connectivity index (χ3n) is 5.37. The van der Waals surface area contributed by atoms with Crippen molar-refractivity contribution >= 4 is 35.1 Å². The molecule has 4 rings (SSSR count). The van der Waals surface area contributed by atoms with Gasteiger partial charge in [-0.2, -0.15) is 5.10 Å². The molecular formula is C28H25N3O4S. The van der Waals surface area contributed by atoms with E-state index in [1.807, 2.05) is 84.4 Å². The van der Waals surface area contributed by atoms with E-state index in [-0.39, 0.29) is 5.78 Å². The number of hydrogen-bond acceptors (Lipinski definition) is 6. The highest BCUT2D eigenvalue weighted by Crippen LogP contribution is 2.28. The standard InChI is InChI=1S/C28H25N3O4S/c1-20(32)24(17-21-9-4-2-5-10-21)29-26(33)19-35-27(34)15-14-22-18-31(23-11-6-3-7-12-23)30-28(22)25-13-8-16-36-25/h2-16,18,24H,17,19H2,1H3,(H,29,33). The molecule has 0 aliphatic rings. The van der Waals surface area contributed by atoms with Crippen LogP contribution in [0, 0.1) is 0 Å². The van der Waals surface area contributed by atoms with Crippen LogP contribution in [0.25, 0.3) is 22.3 Å².